The number of hydrogen-bond acceptors (Lipinski definition) is 1. The molecule has 0 unspecified atom stereocenters. The molecular formula is C25H29ClO2. The normalized spacial score (nSPS) is 14.4. The molecule has 3 rings (SSSR count). The summed E-state index contributed by atoms with van der Waals surface area (Å²) in [5.74, 6) is -0.738. The van der Waals surface area contributed by atoms with Crippen molar-refractivity contribution in [2.75, 3.05) is 0 Å². The number of aryl methyl sites for hydroxylation is 2. The van der Waals surface area contributed by atoms with Gasteiger partial charge in [0.05, 0.1) is 0 Å². The lowest BCUT2D eigenvalue weighted by Gasteiger charge is -2.22. The van der Waals surface area contributed by atoms with Gasteiger partial charge >= 0.3 is 5.97 Å². The van der Waals surface area contributed by atoms with E-state index in [9.17, 15) is 4.79 Å². The second-order valence-corrected chi connectivity index (χ2v) is 8.20. The standard InChI is InChI=1S/C25H29ClO2/c1-17-18(2)20(15-16-25(27)28)12-11-19(17)13-14-21-7-3-4-8-22(21)23-9-5-6-10-24(23)26/h5-6,9-12H,3-4,7-8,13-16H2,1-2H3,(H,27,28). The van der Waals surface area contributed by atoms with Gasteiger partial charge in [0, 0.05) is 11.4 Å². The van der Waals surface area contributed by atoms with E-state index in [0.29, 0.717) is 6.42 Å². The molecule has 0 aromatic heterocycles. The number of carbonyl (C=O) groups is 1. The quantitative estimate of drug-likeness (QED) is 0.550. The fraction of sp³-hybridized carbons (Fsp3) is 0.400. The molecule has 0 aliphatic heterocycles. The molecular weight excluding hydrogens is 368 g/mol. The van der Waals surface area contributed by atoms with Gasteiger partial charge in [-0.1, -0.05) is 47.5 Å². The summed E-state index contributed by atoms with van der Waals surface area (Å²) in [7, 11) is 0. The lowest BCUT2D eigenvalue weighted by Crippen LogP contribution is -2.04. The van der Waals surface area contributed by atoms with Gasteiger partial charge in [0.25, 0.3) is 0 Å². The minimum Gasteiger partial charge on any atom is -0.481 e. The van der Waals surface area contributed by atoms with Crippen molar-refractivity contribution in [3.05, 3.63) is 74.8 Å². The lowest BCUT2D eigenvalue weighted by atomic mass is 9.84. The number of carboxylic acids is 1. The highest BCUT2D eigenvalue weighted by Crippen LogP contribution is 2.37. The molecule has 0 fully saturated rings. The molecule has 0 radical (unpaired) electrons. The number of hydrogen-bond donors (Lipinski definition) is 1. The lowest BCUT2D eigenvalue weighted by molar-refractivity contribution is -0.136. The summed E-state index contributed by atoms with van der Waals surface area (Å²) in [6, 6.07) is 12.5. The number of allylic oxidation sites excluding steroid dienone is 2. The van der Waals surface area contributed by atoms with Crippen molar-refractivity contribution in [3.63, 3.8) is 0 Å². The van der Waals surface area contributed by atoms with Crippen LogP contribution in [0.5, 0.6) is 0 Å². The van der Waals surface area contributed by atoms with E-state index in [1.807, 2.05) is 12.1 Å². The summed E-state index contributed by atoms with van der Waals surface area (Å²) < 4.78 is 0. The molecule has 2 aromatic rings. The Balaban J connectivity index is 1.79. The molecule has 0 atom stereocenters. The van der Waals surface area contributed by atoms with Crippen LogP contribution in [-0.2, 0) is 17.6 Å². The van der Waals surface area contributed by atoms with Gasteiger partial charge in [-0.2, -0.15) is 0 Å². The van der Waals surface area contributed by atoms with Crippen molar-refractivity contribution >= 4 is 23.1 Å². The summed E-state index contributed by atoms with van der Waals surface area (Å²) in [5, 5.41) is 9.80. The second-order valence-electron chi connectivity index (χ2n) is 7.80. The molecule has 3 heteroatoms. The molecule has 0 bridgehead atoms. The van der Waals surface area contributed by atoms with Crippen LogP contribution in [-0.4, -0.2) is 11.1 Å². The predicted octanol–water partition coefficient (Wildman–Crippen LogP) is 6.93. The maximum atomic E-state index is 10.9. The zero-order valence-corrected chi connectivity index (χ0v) is 17.6. The molecule has 0 spiro atoms. The van der Waals surface area contributed by atoms with Crippen LogP contribution in [0.4, 0.5) is 0 Å². The first-order chi connectivity index (χ1) is 13.5. The molecule has 1 N–H and O–H groups in total. The Morgan fingerprint density at radius 2 is 1.57 bits per heavy atom. The molecule has 0 saturated heterocycles. The van der Waals surface area contributed by atoms with Gasteiger partial charge in [0.15, 0.2) is 0 Å². The molecule has 2 nitrogen and oxygen atoms in total. The Labute approximate surface area is 173 Å². The maximum Gasteiger partial charge on any atom is 0.303 e. The van der Waals surface area contributed by atoms with Gasteiger partial charge in [-0.25, -0.2) is 0 Å². The number of rotatable bonds is 7. The Bertz CT molecular complexity index is 895. The number of benzene rings is 2. The van der Waals surface area contributed by atoms with E-state index < -0.39 is 5.97 Å². The molecule has 28 heavy (non-hydrogen) atoms. The predicted molar refractivity (Wildman–Crippen MR) is 117 cm³/mol. The van der Waals surface area contributed by atoms with Crippen LogP contribution in [0.25, 0.3) is 5.57 Å². The fourth-order valence-electron chi connectivity index (χ4n) is 4.28. The highest BCUT2D eigenvalue weighted by Gasteiger charge is 2.17. The first kappa shape index (κ1) is 20.7. The van der Waals surface area contributed by atoms with Crippen LogP contribution in [0, 0.1) is 13.8 Å². The van der Waals surface area contributed by atoms with E-state index in [1.54, 1.807) is 5.57 Å². The molecule has 0 amide bonds. The first-order valence-corrected chi connectivity index (χ1v) is 10.6. The second kappa shape index (κ2) is 9.43. The zero-order chi connectivity index (χ0) is 20.1. The Morgan fingerprint density at radius 3 is 2.25 bits per heavy atom. The van der Waals surface area contributed by atoms with E-state index in [0.717, 1.165) is 36.3 Å². The van der Waals surface area contributed by atoms with E-state index in [-0.39, 0.29) is 6.42 Å². The van der Waals surface area contributed by atoms with Gasteiger partial charge in [-0.05, 0) is 98.2 Å². The Kier molecular flexibility index (Phi) is 6.96. The number of aliphatic carboxylic acids is 1. The van der Waals surface area contributed by atoms with Gasteiger partial charge in [0.1, 0.15) is 0 Å². The van der Waals surface area contributed by atoms with Gasteiger partial charge < -0.3 is 5.11 Å². The average molecular weight is 397 g/mol. The number of halogens is 1. The topological polar surface area (TPSA) is 37.3 Å². The van der Waals surface area contributed by atoms with E-state index >= 15 is 0 Å². The summed E-state index contributed by atoms with van der Waals surface area (Å²) in [4.78, 5) is 10.9. The van der Waals surface area contributed by atoms with E-state index in [2.05, 4.69) is 38.1 Å². The molecule has 1 aliphatic rings. The monoisotopic (exact) mass is 396 g/mol. The van der Waals surface area contributed by atoms with Crippen LogP contribution in [0.3, 0.4) is 0 Å². The third-order valence-electron chi connectivity index (χ3n) is 6.10. The SMILES string of the molecule is Cc1c(CCC(=O)O)ccc(CCC2=C(c3ccccc3Cl)CCCC2)c1C. The largest absolute Gasteiger partial charge is 0.481 e. The molecule has 148 valence electrons. The molecule has 0 heterocycles. The van der Waals surface area contributed by atoms with E-state index in [4.69, 9.17) is 16.7 Å². The third-order valence-corrected chi connectivity index (χ3v) is 6.43. The number of carboxylic acid groups (broad SMARTS) is 1. The smallest absolute Gasteiger partial charge is 0.303 e. The Hall–Kier alpha value is -2.06. The minimum atomic E-state index is -0.738. The van der Waals surface area contributed by atoms with Crippen molar-refractivity contribution in [2.24, 2.45) is 0 Å². The van der Waals surface area contributed by atoms with Crippen LogP contribution in [0.15, 0.2) is 42.0 Å². The van der Waals surface area contributed by atoms with Crippen LogP contribution in [0.1, 0.15) is 66.3 Å². The van der Waals surface area contributed by atoms with Gasteiger partial charge in [-0.15, -0.1) is 0 Å². The molecule has 1 aliphatic carbocycles. The maximum absolute atomic E-state index is 10.9. The van der Waals surface area contributed by atoms with Crippen molar-refractivity contribution in [1.82, 2.24) is 0 Å². The summed E-state index contributed by atoms with van der Waals surface area (Å²) in [5.41, 5.74) is 9.26. The molecule has 0 saturated carbocycles. The summed E-state index contributed by atoms with van der Waals surface area (Å²) >= 11 is 6.48. The van der Waals surface area contributed by atoms with Crippen LogP contribution < -0.4 is 0 Å². The first-order valence-electron chi connectivity index (χ1n) is 10.2. The summed E-state index contributed by atoms with van der Waals surface area (Å²) in [6.07, 6.45) is 7.65. The summed E-state index contributed by atoms with van der Waals surface area (Å²) in [6.45, 7) is 4.28. The van der Waals surface area contributed by atoms with Crippen molar-refractivity contribution in [3.8, 4) is 0 Å². The van der Waals surface area contributed by atoms with Crippen LogP contribution >= 0.6 is 11.6 Å². The third kappa shape index (κ3) is 4.86. The van der Waals surface area contributed by atoms with Crippen molar-refractivity contribution < 1.29 is 9.90 Å². The highest BCUT2D eigenvalue weighted by atomic mass is 35.5. The zero-order valence-electron chi connectivity index (χ0n) is 16.9. The van der Waals surface area contributed by atoms with Crippen molar-refractivity contribution in [1.29, 1.82) is 0 Å². The van der Waals surface area contributed by atoms with Gasteiger partial charge in [-0.3, -0.25) is 4.79 Å². The van der Waals surface area contributed by atoms with Gasteiger partial charge in [0.2, 0.25) is 0 Å². The fourth-order valence-corrected chi connectivity index (χ4v) is 4.53. The van der Waals surface area contributed by atoms with Crippen LogP contribution in [0.2, 0.25) is 5.02 Å². The van der Waals surface area contributed by atoms with Crippen molar-refractivity contribution in [2.45, 2.75) is 65.2 Å². The molecule has 2 aromatic carbocycles. The Morgan fingerprint density at radius 1 is 0.929 bits per heavy atom. The van der Waals surface area contributed by atoms with E-state index in [1.165, 1.54) is 40.7 Å². The minimum absolute atomic E-state index is 0.188. The average Bonchev–Trinajstić information content (AvgIpc) is 2.69. The highest BCUT2D eigenvalue weighted by molar-refractivity contribution is 6.32.